The summed E-state index contributed by atoms with van der Waals surface area (Å²) in [5.41, 5.74) is 2.33. The molecule has 0 saturated heterocycles. The van der Waals surface area contributed by atoms with E-state index in [1.165, 1.54) is 0 Å². The smallest absolute Gasteiger partial charge is 0.419 e. The van der Waals surface area contributed by atoms with Crippen molar-refractivity contribution in [2.75, 3.05) is 0 Å². The second-order valence-electron chi connectivity index (χ2n) is 4.16. The highest BCUT2D eigenvalue weighted by molar-refractivity contribution is 5.73. The number of fused-ring (bicyclic) bond motifs is 1. The minimum absolute atomic E-state index is 0.151. The van der Waals surface area contributed by atoms with Crippen LogP contribution in [-0.4, -0.2) is 15.6 Å². The number of aromatic nitrogens is 1. The number of benzene rings is 1. The van der Waals surface area contributed by atoms with E-state index in [2.05, 4.69) is 0 Å². The van der Waals surface area contributed by atoms with Crippen LogP contribution in [0.5, 0.6) is 0 Å². The van der Waals surface area contributed by atoms with Crippen molar-refractivity contribution >= 4 is 17.1 Å². The van der Waals surface area contributed by atoms with Gasteiger partial charge >= 0.3 is 11.7 Å². The zero-order valence-corrected chi connectivity index (χ0v) is 10.2. The van der Waals surface area contributed by atoms with Crippen molar-refractivity contribution in [2.45, 2.75) is 32.7 Å². The molecule has 2 aromatic rings. The average Bonchev–Trinajstić information content (AvgIpc) is 2.63. The first-order chi connectivity index (χ1) is 8.61. The molecule has 1 N–H and O–H groups in total. The van der Waals surface area contributed by atoms with Gasteiger partial charge in [-0.2, -0.15) is 0 Å². The quantitative estimate of drug-likeness (QED) is 0.879. The number of nitrogens with zero attached hydrogens (tertiary/aromatic N) is 1. The van der Waals surface area contributed by atoms with E-state index >= 15 is 0 Å². The molecule has 0 radical (unpaired) electrons. The first kappa shape index (κ1) is 12.4. The van der Waals surface area contributed by atoms with Crippen LogP contribution in [0, 0.1) is 0 Å². The number of hydrogen-bond donors (Lipinski definition) is 1. The molecular weight excluding hydrogens is 234 g/mol. The van der Waals surface area contributed by atoms with Gasteiger partial charge < -0.3 is 9.52 Å². The Morgan fingerprint density at radius 2 is 2.22 bits per heavy atom. The monoisotopic (exact) mass is 249 g/mol. The summed E-state index contributed by atoms with van der Waals surface area (Å²) >= 11 is 0. The van der Waals surface area contributed by atoms with E-state index in [4.69, 9.17) is 9.52 Å². The van der Waals surface area contributed by atoms with Gasteiger partial charge in [0.25, 0.3) is 0 Å². The lowest BCUT2D eigenvalue weighted by Gasteiger charge is -2.00. The molecule has 1 heterocycles. The number of aliphatic carboxylic acids is 1. The average molecular weight is 249 g/mol. The molecule has 0 bridgehead atoms. The molecule has 0 saturated carbocycles. The Hall–Kier alpha value is -2.04. The van der Waals surface area contributed by atoms with Gasteiger partial charge in [0.2, 0.25) is 0 Å². The van der Waals surface area contributed by atoms with Gasteiger partial charge in [0.1, 0.15) is 0 Å². The zero-order valence-electron chi connectivity index (χ0n) is 10.2. The summed E-state index contributed by atoms with van der Waals surface area (Å²) in [6, 6.07) is 5.57. The second-order valence-corrected chi connectivity index (χ2v) is 4.16. The van der Waals surface area contributed by atoms with Crippen LogP contribution < -0.4 is 5.76 Å². The number of hydrogen-bond acceptors (Lipinski definition) is 3. The topological polar surface area (TPSA) is 72.4 Å². The van der Waals surface area contributed by atoms with E-state index in [1.807, 2.05) is 25.1 Å². The van der Waals surface area contributed by atoms with Gasteiger partial charge in [-0.1, -0.05) is 6.07 Å². The van der Waals surface area contributed by atoms with Gasteiger partial charge in [-0.05, 0) is 37.5 Å². The number of carboxylic acids is 1. The molecule has 0 atom stereocenters. The van der Waals surface area contributed by atoms with Crippen LogP contribution in [0.3, 0.4) is 0 Å². The molecule has 2 rings (SSSR count). The van der Waals surface area contributed by atoms with E-state index in [1.54, 1.807) is 4.57 Å². The Bertz CT molecular complexity index is 623. The fourth-order valence-corrected chi connectivity index (χ4v) is 2.01. The summed E-state index contributed by atoms with van der Waals surface area (Å²) < 4.78 is 6.71. The predicted molar refractivity (Wildman–Crippen MR) is 66.7 cm³/mol. The highest BCUT2D eigenvalue weighted by Crippen LogP contribution is 2.16. The lowest BCUT2D eigenvalue weighted by Crippen LogP contribution is -2.11. The number of oxazole rings is 1. The molecule has 0 fully saturated rings. The second kappa shape index (κ2) is 5.08. The summed E-state index contributed by atoms with van der Waals surface area (Å²) in [5.74, 6) is -1.14. The Balaban J connectivity index is 2.23. The fraction of sp³-hybridized carbons (Fsp3) is 0.385. The van der Waals surface area contributed by atoms with Crippen molar-refractivity contribution < 1.29 is 14.3 Å². The summed E-state index contributed by atoms with van der Waals surface area (Å²) in [6.45, 7) is 2.46. The Morgan fingerprint density at radius 1 is 1.44 bits per heavy atom. The van der Waals surface area contributed by atoms with Crippen molar-refractivity contribution in [1.82, 2.24) is 4.57 Å². The van der Waals surface area contributed by atoms with Crippen molar-refractivity contribution in [3.05, 3.63) is 34.3 Å². The molecule has 5 heteroatoms. The Morgan fingerprint density at radius 3 is 2.89 bits per heavy atom. The van der Waals surface area contributed by atoms with Gasteiger partial charge in [-0.3, -0.25) is 9.36 Å². The highest BCUT2D eigenvalue weighted by Gasteiger charge is 2.08. The fourth-order valence-electron chi connectivity index (χ4n) is 2.01. The van der Waals surface area contributed by atoms with Gasteiger partial charge in [0.05, 0.1) is 5.52 Å². The molecular formula is C13H15NO4. The standard InChI is InChI=1S/C13H15NO4/c1-2-14-10-7-6-9(4-3-5-12(15)16)8-11(10)18-13(14)17/h6-8H,2-5H2,1H3,(H,15,16). The van der Waals surface area contributed by atoms with Gasteiger partial charge in [-0.25, -0.2) is 4.79 Å². The first-order valence-electron chi connectivity index (χ1n) is 5.96. The Kier molecular flexibility index (Phi) is 3.50. The summed E-state index contributed by atoms with van der Waals surface area (Å²) in [6.07, 6.45) is 1.40. The number of aryl methyl sites for hydroxylation is 2. The van der Waals surface area contributed by atoms with Gasteiger partial charge in [0.15, 0.2) is 5.58 Å². The third-order valence-electron chi connectivity index (χ3n) is 2.90. The van der Waals surface area contributed by atoms with E-state index < -0.39 is 5.97 Å². The summed E-state index contributed by atoms with van der Waals surface area (Å²) in [4.78, 5) is 21.9. The summed E-state index contributed by atoms with van der Waals surface area (Å²) in [7, 11) is 0. The predicted octanol–water partition coefficient (Wildman–Crippen LogP) is 2.02. The van der Waals surface area contributed by atoms with Crippen LogP contribution in [0.2, 0.25) is 0 Å². The van der Waals surface area contributed by atoms with Crippen molar-refractivity contribution in [3.8, 4) is 0 Å². The molecule has 0 spiro atoms. The SMILES string of the molecule is CCn1c(=O)oc2cc(CCCC(=O)O)ccc21. The van der Waals surface area contributed by atoms with Gasteiger partial charge in [0, 0.05) is 13.0 Å². The Labute approximate surface area is 104 Å². The van der Waals surface area contributed by atoms with Crippen LogP contribution in [0.4, 0.5) is 0 Å². The molecule has 1 aromatic carbocycles. The lowest BCUT2D eigenvalue weighted by atomic mass is 10.1. The van der Waals surface area contributed by atoms with E-state index in [-0.39, 0.29) is 12.2 Å². The van der Waals surface area contributed by atoms with Crippen LogP contribution in [0.1, 0.15) is 25.3 Å². The van der Waals surface area contributed by atoms with E-state index in [0.29, 0.717) is 25.0 Å². The van der Waals surface area contributed by atoms with Crippen LogP contribution in [0.15, 0.2) is 27.4 Å². The molecule has 0 amide bonds. The van der Waals surface area contributed by atoms with Crippen molar-refractivity contribution in [3.63, 3.8) is 0 Å². The van der Waals surface area contributed by atoms with E-state index in [0.717, 1.165) is 11.1 Å². The molecule has 96 valence electrons. The molecule has 18 heavy (non-hydrogen) atoms. The van der Waals surface area contributed by atoms with Crippen LogP contribution in [-0.2, 0) is 17.8 Å². The largest absolute Gasteiger partial charge is 0.481 e. The molecule has 1 aromatic heterocycles. The normalized spacial score (nSPS) is 10.9. The van der Waals surface area contributed by atoms with Crippen molar-refractivity contribution in [1.29, 1.82) is 0 Å². The number of carbonyl (C=O) groups is 1. The minimum Gasteiger partial charge on any atom is -0.481 e. The maximum absolute atomic E-state index is 11.5. The number of carboxylic acid groups (broad SMARTS) is 1. The zero-order chi connectivity index (χ0) is 13.1. The third kappa shape index (κ3) is 2.45. The summed E-state index contributed by atoms with van der Waals surface area (Å²) in [5, 5.41) is 8.57. The molecule has 0 aliphatic rings. The maximum atomic E-state index is 11.5. The van der Waals surface area contributed by atoms with Crippen molar-refractivity contribution in [2.24, 2.45) is 0 Å². The van der Waals surface area contributed by atoms with Gasteiger partial charge in [-0.15, -0.1) is 0 Å². The van der Waals surface area contributed by atoms with E-state index in [9.17, 15) is 9.59 Å². The molecule has 0 aliphatic carbocycles. The minimum atomic E-state index is -0.792. The first-order valence-corrected chi connectivity index (χ1v) is 5.96. The molecule has 0 aliphatic heterocycles. The van der Waals surface area contributed by atoms with Crippen LogP contribution >= 0.6 is 0 Å². The number of rotatable bonds is 5. The van der Waals surface area contributed by atoms with Crippen LogP contribution in [0.25, 0.3) is 11.1 Å². The maximum Gasteiger partial charge on any atom is 0.419 e. The third-order valence-corrected chi connectivity index (χ3v) is 2.90. The lowest BCUT2D eigenvalue weighted by molar-refractivity contribution is -0.137. The highest BCUT2D eigenvalue weighted by atomic mass is 16.4. The molecule has 0 unspecified atom stereocenters. The molecule has 5 nitrogen and oxygen atoms in total.